The van der Waals surface area contributed by atoms with Gasteiger partial charge in [0.1, 0.15) is 0 Å². The summed E-state index contributed by atoms with van der Waals surface area (Å²) in [4.78, 5) is 25.1. The molecule has 1 fully saturated rings. The first-order valence-electron chi connectivity index (χ1n) is 5.42. The van der Waals surface area contributed by atoms with Crippen LogP contribution in [0.15, 0.2) is 0 Å². The summed E-state index contributed by atoms with van der Waals surface area (Å²) < 4.78 is 0. The van der Waals surface area contributed by atoms with Gasteiger partial charge in [0.05, 0.1) is 6.04 Å². The second-order valence-electron chi connectivity index (χ2n) is 4.38. The van der Waals surface area contributed by atoms with E-state index in [9.17, 15) is 14.7 Å². The molecule has 1 unspecified atom stereocenters. The van der Waals surface area contributed by atoms with Crippen LogP contribution < -0.4 is 5.73 Å². The Morgan fingerprint density at radius 3 is 1.94 bits per heavy atom. The van der Waals surface area contributed by atoms with Gasteiger partial charge in [-0.25, -0.2) is 9.90 Å². The van der Waals surface area contributed by atoms with Crippen LogP contribution in [0.2, 0.25) is 0 Å². The molecule has 1 aliphatic heterocycles. The van der Waals surface area contributed by atoms with Gasteiger partial charge >= 0.3 is 6.09 Å². The lowest BCUT2D eigenvalue weighted by Gasteiger charge is -2.38. The van der Waals surface area contributed by atoms with E-state index in [0.717, 1.165) is 0 Å². The average molecular weight is 228 g/mol. The first-order valence-corrected chi connectivity index (χ1v) is 5.42. The molecule has 0 bridgehead atoms. The van der Waals surface area contributed by atoms with Crippen LogP contribution in [-0.4, -0.2) is 54.0 Å². The number of carbonyl (C=O) groups is 2. The Morgan fingerprint density at radius 1 is 1.12 bits per heavy atom. The summed E-state index contributed by atoms with van der Waals surface area (Å²) in [6.45, 7) is 5.66. The Hall–Kier alpha value is -1.30. The molecule has 1 atom stereocenters. The molecule has 0 aromatic carbocycles. The van der Waals surface area contributed by atoms with E-state index >= 15 is 0 Å². The van der Waals surface area contributed by atoms with Gasteiger partial charge in [-0.2, -0.15) is 0 Å². The molecule has 0 aromatic heterocycles. The number of hydrogen-bond donors (Lipinski definition) is 1. The van der Waals surface area contributed by atoms with Crippen molar-refractivity contribution in [3.05, 3.63) is 0 Å². The predicted molar refractivity (Wildman–Crippen MR) is 57.0 cm³/mol. The zero-order chi connectivity index (χ0) is 12.3. The first-order chi connectivity index (χ1) is 7.43. The molecule has 16 heavy (non-hydrogen) atoms. The zero-order valence-corrected chi connectivity index (χ0v) is 9.68. The van der Waals surface area contributed by atoms with Crippen molar-refractivity contribution < 1.29 is 14.7 Å². The molecule has 2 amide bonds. The minimum atomic E-state index is -1.15. The Morgan fingerprint density at radius 2 is 1.62 bits per heavy atom. The molecule has 0 aromatic rings. The molecule has 1 rings (SSSR count). The molecule has 91 valence electrons. The van der Waals surface area contributed by atoms with E-state index in [2.05, 4.69) is 0 Å². The molecule has 6 nitrogen and oxygen atoms in total. The van der Waals surface area contributed by atoms with Gasteiger partial charge < -0.3 is 10.6 Å². The maximum absolute atomic E-state index is 11.3. The lowest BCUT2D eigenvalue weighted by molar-refractivity contribution is -0.125. The van der Waals surface area contributed by atoms with Crippen molar-refractivity contribution in [3.8, 4) is 0 Å². The summed E-state index contributed by atoms with van der Waals surface area (Å²) in [6, 6.07) is -0.316. The number of rotatable bonds is 3. The smallest absolute Gasteiger partial charge is 0.368 e. The Bertz CT molecular complexity index is 272. The second-order valence-corrected chi connectivity index (χ2v) is 4.38. The van der Waals surface area contributed by atoms with Crippen LogP contribution >= 0.6 is 0 Å². The van der Waals surface area contributed by atoms with Gasteiger partial charge in [-0.3, -0.25) is 9.69 Å². The highest BCUT2D eigenvalue weighted by Gasteiger charge is 2.31. The van der Waals surface area contributed by atoms with E-state index in [4.69, 9.17) is 5.73 Å². The fourth-order valence-corrected chi connectivity index (χ4v) is 2.11. The van der Waals surface area contributed by atoms with Crippen molar-refractivity contribution in [2.75, 3.05) is 26.2 Å². The molecule has 2 N–H and O–H groups in total. The quantitative estimate of drug-likeness (QED) is 0.717. The van der Waals surface area contributed by atoms with Crippen LogP contribution in [0.3, 0.4) is 0 Å². The highest BCUT2D eigenvalue weighted by atomic mass is 16.4. The maximum Gasteiger partial charge on any atom is 0.453 e. The standard InChI is InChI=1S/C10H18N3O3/c1-7(2)8(9(11)14)12-3-5-13(6-4-12)10(15)16/h7-8H,3-6H2,1-2H3,(H2,11,14). The highest BCUT2D eigenvalue weighted by molar-refractivity contribution is 5.80. The molecule has 1 radical (unpaired) electrons. The number of piperazine rings is 1. The van der Waals surface area contributed by atoms with Crippen LogP contribution in [0.1, 0.15) is 13.8 Å². The van der Waals surface area contributed by atoms with Crippen molar-refractivity contribution in [1.29, 1.82) is 0 Å². The van der Waals surface area contributed by atoms with Crippen molar-refractivity contribution in [2.45, 2.75) is 19.9 Å². The lowest BCUT2D eigenvalue weighted by atomic mass is 10.0. The van der Waals surface area contributed by atoms with Gasteiger partial charge in [0.15, 0.2) is 0 Å². The van der Waals surface area contributed by atoms with Crippen LogP contribution in [0.5, 0.6) is 0 Å². The van der Waals surface area contributed by atoms with Crippen molar-refractivity contribution in [1.82, 2.24) is 9.80 Å². The zero-order valence-electron chi connectivity index (χ0n) is 9.68. The summed E-state index contributed by atoms with van der Waals surface area (Å²) in [6.07, 6.45) is -1.15. The highest BCUT2D eigenvalue weighted by Crippen LogP contribution is 2.13. The van der Waals surface area contributed by atoms with Gasteiger partial charge in [-0.15, -0.1) is 0 Å². The van der Waals surface area contributed by atoms with E-state index in [-0.39, 0.29) is 17.9 Å². The lowest BCUT2D eigenvalue weighted by Crippen LogP contribution is -2.56. The first kappa shape index (κ1) is 12.8. The van der Waals surface area contributed by atoms with Gasteiger partial charge in [0.2, 0.25) is 5.91 Å². The van der Waals surface area contributed by atoms with E-state index < -0.39 is 6.09 Å². The van der Waals surface area contributed by atoms with Gasteiger partial charge in [0, 0.05) is 26.2 Å². The normalized spacial score (nSPS) is 19.8. The topological polar surface area (TPSA) is 86.5 Å². The summed E-state index contributed by atoms with van der Waals surface area (Å²) in [5.74, 6) is -0.219. The van der Waals surface area contributed by atoms with Crippen LogP contribution in [0, 0.1) is 5.92 Å². The average Bonchev–Trinajstić information content (AvgIpc) is 2.17. The van der Waals surface area contributed by atoms with Crippen LogP contribution in [-0.2, 0) is 9.90 Å². The third-order valence-corrected chi connectivity index (χ3v) is 2.89. The largest absolute Gasteiger partial charge is 0.453 e. The predicted octanol–water partition coefficient (Wildman–Crippen LogP) is -0.336. The van der Waals surface area contributed by atoms with E-state index in [1.54, 1.807) is 0 Å². The second kappa shape index (κ2) is 5.16. The molecular weight excluding hydrogens is 210 g/mol. The molecule has 0 aliphatic carbocycles. The number of nitrogens with zero attached hydrogens (tertiary/aromatic N) is 2. The number of nitrogens with two attached hydrogens (primary N) is 1. The van der Waals surface area contributed by atoms with Crippen LogP contribution in [0.4, 0.5) is 4.79 Å². The van der Waals surface area contributed by atoms with Gasteiger partial charge in [0.25, 0.3) is 0 Å². The van der Waals surface area contributed by atoms with Crippen molar-refractivity contribution >= 4 is 12.0 Å². The Labute approximate surface area is 95.0 Å². The minimum absolute atomic E-state index is 0.131. The molecular formula is C10H18N3O3. The summed E-state index contributed by atoms with van der Waals surface area (Å²) in [5, 5.41) is 10.6. The maximum atomic E-state index is 11.3. The van der Waals surface area contributed by atoms with E-state index in [0.29, 0.717) is 26.2 Å². The van der Waals surface area contributed by atoms with Gasteiger partial charge in [-0.1, -0.05) is 13.8 Å². The molecule has 1 saturated heterocycles. The summed E-state index contributed by atoms with van der Waals surface area (Å²) in [5.41, 5.74) is 5.34. The number of hydrogen-bond acceptors (Lipinski definition) is 3. The molecule has 1 heterocycles. The monoisotopic (exact) mass is 228 g/mol. The van der Waals surface area contributed by atoms with E-state index in [1.165, 1.54) is 4.90 Å². The number of amides is 2. The van der Waals surface area contributed by atoms with Crippen LogP contribution in [0.25, 0.3) is 0 Å². The minimum Gasteiger partial charge on any atom is -0.368 e. The third kappa shape index (κ3) is 2.85. The molecule has 0 spiro atoms. The Kier molecular flexibility index (Phi) is 4.12. The fraction of sp³-hybridized carbons (Fsp3) is 0.800. The van der Waals surface area contributed by atoms with Crippen molar-refractivity contribution in [3.63, 3.8) is 0 Å². The van der Waals surface area contributed by atoms with Gasteiger partial charge in [-0.05, 0) is 5.92 Å². The Balaban J connectivity index is 2.57. The summed E-state index contributed by atoms with van der Waals surface area (Å²) >= 11 is 0. The number of carbonyl (C=O) groups excluding carboxylic acids is 2. The summed E-state index contributed by atoms with van der Waals surface area (Å²) in [7, 11) is 0. The fourth-order valence-electron chi connectivity index (χ4n) is 2.11. The molecule has 1 aliphatic rings. The molecule has 0 saturated carbocycles. The SMILES string of the molecule is CC(C)C(C(N)=O)N1CCN(C([O])=O)CC1. The number of primary amides is 1. The van der Waals surface area contributed by atoms with E-state index in [1.807, 2.05) is 18.7 Å². The molecule has 6 heteroatoms. The third-order valence-electron chi connectivity index (χ3n) is 2.89. The van der Waals surface area contributed by atoms with Crippen molar-refractivity contribution in [2.24, 2.45) is 11.7 Å².